The zero-order valence-electron chi connectivity index (χ0n) is 12.8. The molecular formula is C16H33NO. The molecule has 0 aliphatic rings. The van der Waals surface area contributed by atoms with Crippen LogP contribution in [0, 0.1) is 5.92 Å². The molecule has 0 unspecified atom stereocenters. The number of nitrogens with one attached hydrogen (secondary N) is 1. The van der Waals surface area contributed by atoms with Crippen molar-refractivity contribution in [2.24, 2.45) is 5.92 Å². The van der Waals surface area contributed by atoms with Gasteiger partial charge in [0.25, 0.3) is 0 Å². The van der Waals surface area contributed by atoms with E-state index in [4.69, 9.17) is 0 Å². The number of unbranched alkanes of at least 4 members (excludes halogenated alkanes) is 6. The highest BCUT2D eigenvalue weighted by Crippen LogP contribution is 2.18. The molecule has 0 heterocycles. The fourth-order valence-corrected chi connectivity index (χ4v) is 2.36. The van der Waals surface area contributed by atoms with Crippen LogP contribution in [0.1, 0.15) is 85.0 Å². The van der Waals surface area contributed by atoms with E-state index in [-0.39, 0.29) is 11.8 Å². The second-order valence-electron chi connectivity index (χ2n) is 5.29. The summed E-state index contributed by atoms with van der Waals surface area (Å²) in [6.45, 7) is 7.22. The lowest BCUT2D eigenvalue weighted by Gasteiger charge is -2.16. The molecule has 0 bridgehead atoms. The highest BCUT2D eigenvalue weighted by Gasteiger charge is 2.16. The first-order valence-electron chi connectivity index (χ1n) is 8.03. The zero-order valence-corrected chi connectivity index (χ0v) is 12.8. The Balaban J connectivity index is 3.88. The van der Waals surface area contributed by atoms with Crippen molar-refractivity contribution in [2.45, 2.75) is 85.0 Å². The van der Waals surface area contributed by atoms with Crippen LogP contribution in [-0.4, -0.2) is 12.5 Å². The van der Waals surface area contributed by atoms with E-state index in [0.29, 0.717) is 0 Å². The molecule has 1 N–H and O–H groups in total. The Bertz CT molecular complexity index is 180. The minimum Gasteiger partial charge on any atom is -0.356 e. The van der Waals surface area contributed by atoms with Crippen molar-refractivity contribution in [2.75, 3.05) is 6.54 Å². The summed E-state index contributed by atoms with van der Waals surface area (Å²) in [6.07, 6.45) is 12.3. The lowest BCUT2D eigenvalue weighted by molar-refractivity contribution is -0.125. The number of hydrogen-bond acceptors (Lipinski definition) is 1. The quantitative estimate of drug-likeness (QED) is 0.504. The molecule has 0 saturated carbocycles. The second-order valence-corrected chi connectivity index (χ2v) is 5.29. The van der Waals surface area contributed by atoms with Gasteiger partial charge in [-0.15, -0.1) is 0 Å². The topological polar surface area (TPSA) is 29.1 Å². The van der Waals surface area contributed by atoms with Crippen LogP contribution in [0.4, 0.5) is 0 Å². The SMILES string of the molecule is CCCCCCC(CCCCCC)C(=O)NCC. The average Bonchev–Trinajstić information content (AvgIpc) is 2.37. The van der Waals surface area contributed by atoms with Crippen LogP contribution in [0.2, 0.25) is 0 Å². The molecule has 2 heteroatoms. The third-order valence-corrected chi connectivity index (χ3v) is 3.53. The van der Waals surface area contributed by atoms with Gasteiger partial charge in [-0.3, -0.25) is 4.79 Å². The standard InChI is InChI=1S/C16H33NO/c1-4-7-9-11-13-15(16(18)17-6-3)14-12-10-8-5-2/h15H,4-14H2,1-3H3,(H,17,18). The van der Waals surface area contributed by atoms with Crippen molar-refractivity contribution in [3.05, 3.63) is 0 Å². The van der Waals surface area contributed by atoms with Crippen molar-refractivity contribution in [1.82, 2.24) is 5.32 Å². The Morgan fingerprint density at radius 2 is 1.33 bits per heavy atom. The van der Waals surface area contributed by atoms with E-state index in [0.717, 1.165) is 19.4 Å². The third kappa shape index (κ3) is 9.49. The highest BCUT2D eigenvalue weighted by atomic mass is 16.1. The molecule has 0 aromatic rings. The molecule has 0 fully saturated rings. The molecule has 1 amide bonds. The van der Waals surface area contributed by atoms with Crippen LogP contribution >= 0.6 is 0 Å². The predicted molar refractivity (Wildman–Crippen MR) is 79.7 cm³/mol. The molecule has 0 atom stereocenters. The Labute approximate surface area is 114 Å². The van der Waals surface area contributed by atoms with Gasteiger partial charge < -0.3 is 5.32 Å². The number of amides is 1. The van der Waals surface area contributed by atoms with Crippen LogP contribution in [0.5, 0.6) is 0 Å². The van der Waals surface area contributed by atoms with Gasteiger partial charge in [0, 0.05) is 12.5 Å². The van der Waals surface area contributed by atoms with Crippen molar-refractivity contribution < 1.29 is 4.79 Å². The van der Waals surface area contributed by atoms with Crippen molar-refractivity contribution in [3.63, 3.8) is 0 Å². The molecule has 0 radical (unpaired) electrons. The maximum atomic E-state index is 12.0. The number of carbonyl (C=O) groups is 1. The van der Waals surface area contributed by atoms with Crippen LogP contribution < -0.4 is 5.32 Å². The zero-order chi connectivity index (χ0) is 13.6. The summed E-state index contributed by atoms with van der Waals surface area (Å²) in [5.41, 5.74) is 0. The van der Waals surface area contributed by atoms with Gasteiger partial charge in [-0.2, -0.15) is 0 Å². The Morgan fingerprint density at radius 3 is 1.72 bits per heavy atom. The van der Waals surface area contributed by atoms with Crippen LogP contribution in [0.25, 0.3) is 0 Å². The maximum absolute atomic E-state index is 12.0. The van der Waals surface area contributed by atoms with Gasteiger partial charge in [-0.05, 0) is 19.8 Å². The minimum absolute atomic E-state index is 0.263. The number of rotatable bonds is 12. The maximum Gasteiger partial charge on any atom is 0.223 e. The Hall–Kier alpha value is -0.530. The van der Waals surface area contributed by atoms with Gasteiger partial charge in [-0.1, -0.05) is 65.2 Å². The molecule has 0 saturated heterocycles. The van der Waals surface area contributed by atoms with E-state index < -0.39 is 0 Å². The van der Waals surface area contributed by atoms with Gasteiger partial charge in [0.05, 0.1) is 0 Å². The number of hydrogen-bond donors (Lipinski definition) is 1. The molecule has 0 spiro atoms. The van der Waals surface area contributed by atoms with Crippen LogP contribution in [0.15, 0.2) is 0 Å². The van der Waals surface area contributed by atoms with E-state index in [1.54, 1.807) is 0 Å². The average molecular weight is 255 g/mol. The summed E-state index contributed by atoms with van der Waals surface area (Å²) in [4.78, 5) is 12.0. The monoisotopic (exact) mass is 255 g/mol. The molecule has 0 aliphatic carbocycles. The van der Waals surface area contributed by atoms with E-state index >= 15 is 0 Å². The lowest BCUT2D eigenvalue weighted by Crippen LogP contribution is -2.30. The first-order valence-corrected chi connectivity index (χ1v) is 8.03. The lowest BCUT2D eigenvalue weighted by atomic mass is 9.93. The van der Waals surface area contributed by atoms with Crippen LogP contribution in [-0.2, 0) is 4.79 Å². The smallest absolute Gasteiger partial charge is 0.223 e. The molecule has 2 nitrogen and oxygen atoms in total. The molecule has 0 aromatic carbocycles. The normalized spacial score (nSPS) is 10.9. The Kier molecular flexibility index (Phi) is 12.5. The van der Waals surface area contributed by atoms with Crippen molar-refractivity contribution in [3.8, 4) is 0 Å². The minimum atomic E-state index is 0.263. The third-order valence-electron chi connectivity index (χ3n) is 3.53. The number of carbonyl (C=O) groups excluding carboxylic acids is 1. The molecule has 18 heavy (non-hydrogen) atoms. The molecule has 0 rings (SSSR count). The van der Waals surface area contributed by atoms with E-state index in [2.05, 4.69) is 19.2 Å². The largest absolute Gasteiger partial charge is 0.356 e. The van der Waals surface area contributed by atoms with Gasteiger partial charge in [0.2, 0.25) is 5.91 Å². The summed E-state index contributed by atoms with van der Waals surface area (Å²) in [5, 5.41) is 2.99. The fraction of sp³-hybridized carbons (Fsp3) is 0.938. The highest BCUT2D eigenvalue weighted by molar-refractivity contribution is 5.78. The van der Waals surface area contributed by atoms with Gasteiger partial charge >= 0.3 is 0 Å². The first-order chi connectivity index (χ1) is 8.76. The van der Waals surface area contributed by atoms with Crippen molar-refractivity contribution >= 4 is 5.91 Å². The van der Waals surface area contributed by atoms with Gasteiger partial charge in [0.1, 0.15) is 0 Å². The first kappa shape index (κ1) is 17.5. The summed E-state index contributed by atoms with van der Waals surface area (Å²) >= 11 is 0. The van der Waals surface area contributed by atoms with Gasteiger partial charge in [-0.25, -0.2) is 0 Å². The summed E-state index contributed by atoms with van der Waals surface area (Å²) < 4.78 is 0. The molecule has 0 aliphatic heterocycles. The predicted octanol–water partition coefficient (Wildman–Crippen LogP) is 4.68. The summed E-state index contributed by atoms with van der Waals surface area (Å²) in [5.74, 6) is 0.546. The summed E-state index contributed by atoms with van der Waals surface area (Å²) in [7, 11) is 0. The van der Waals surface area contributed by atoms with Crippen molar-refractivity contribution in [1.29, 1.82) is 0 Å². The summed E-state index contributed by atoms with van der Waals surface area (Å²) in [6, 6.07) is 0. The van der Waals surface area contributed by atoms with E-state index in [9.17, 15) is 4.79 Å². The molecule has 0 aromatic heterocycles. The van der Waals surface area contributed by atoms with E-state index in [1.165, 1.54) is 51.4 Å². The fourth-order valence-electron chi connectivity index (χ4n) is 2.36. The van der Waals surface area contributed by atoms with Crippen LogP contribution in [0.3, 0.4) is 0 Å². The second kappa shape index (κ2) is 12.9. The Morgan fingerprint density at radius 1 is 0.833 bits per heavy atom. The van der Waals surface area contributed by atoms with E-state index in [1.807, 2.05) is 6.92 Å². The molecular weight excluding hydrogens is 222 g/mol. The van der Waals surface area contributed by atoms with Gasteiger partial charge in [0.15, 0.2) is 0 Å². The molecule has 108 valence electrons.